The van der Waals surface area contributed by atoms with Crippen molar-refractivity contribution in [2.75, 3.05) is 0 Å². The van der Waals surface area contributed by atoms with Gasteiger partial charge in [0.15, 0.2) is 0 Å². The standard InChI is InChI=1S/C12H17N3/c1-12(2,13)7-6-10-9-15-8-4-3-5-11(15)14-10/h3-5,8-9H,6-7,13H2,1-2H3. The Morgan fingerprint density at radius 3 is 2.87 bits per heavy atom. The molecule has 0 aromatic carbocycles. The second-order valence-corrected chi connectivity index (χ2v) is 4.69. The van der Waals surface area contributed by atoms with Gasteiger partial charge in [0.05, 0.1) is 5.69 Å². The minimum absolute atomic E-state index is 0.115. The minimum atomic E-state index is -0.115. The highest BCUT2D eigenvalue weighted by Crippen LogP contribution is 2.11. The van der Waals surface area contributed by atoms with Crippen LogP contribution in [0.15, 0.2) is 30.6 Å². The van der Waals surface area contributed by atoms with Crippen LogP contribution in [0.3, 0.4) is 0 Å². The van der Waals surface area contributed by atoms with E-state index < -0.39 is 0 Å². The summed E-state index contributed by atoms with van der Waals surface area (Å²) >= 11 is 0. The summed E-state index contributed by atoms with van der Waals surface area (Å²) in [5.41, 5.74) is 7.94. The summed E-state index contributed by atoms with van der Waals surface area (Å²) in [4.78, 5) is 4.52. The Hall–Kier alpha value is -1.35. The lowest BCUT2D eigenvalue weighted by Gasteiger charge is -2.16. The lowest BCUT2D eigenvalue weighted by Crippen LogP contribution is -2.32. The van der Waals surface area contributed by atoms with E-state index in [0.29, 0.717) is 0 Å². The molecule has 0 radical (unpaired) electrons. The molecule has 0 aliphatic rings. The number of nitrogens with two attached hydrogens (primary N) is 1. The maximum Gasteiger partial charge on any atom is 0.136 e. The van der Waals surface area contributed by atoms with Crippen LogP contribution in [0.2, 0.25) is 0 Å². The first-order valence-electron chi connectivity index (χ1n) is 5.26. The Morgan fingerprint density at radius 2 is 2.20 bits per heavy atom. The molecule has 0 aliphatic heterocycles. The number of nitrogens with zero attached hydrogens (tertiary/aromatic N) is 2. The molecule has 3 heteroatoms. The van der Waals surface area contributed by atoms with Crippen LogP contribution in [-0.2, 0) is 6.42 Å². The molecule has 0 aliphatic carbocycles. The average molecular weight is 203 g/mol. The van der Waals surface area contributed by atoms with Crippen molar-refractivity contribution in [3.63, 3.8) is 0 Å². The summed E-state index contributed by atoms with van der Waals surface area (Å²) < 4.78 is 2.04. The van der Waals surface area contributed by atoms with E-state index in [1.54, 1.807) is 0 Å². The molecule has 0 saturated carbocycles. The number of aromatic nitrogens is 2. The second kappa shape index (κ2) is 3.66. The van der Waals surface area contributed by atoms with Gasteiger partial charge in [0, 0.05) is 17.9 Å². The molecule has 2 aromatic heterocycles. The highest BCUT2D eigenvalue weighted by molar-refractivity contribution is 5.39. The van der Waals surface area contributed by atoms with E-state index in [1.807, 2.05) is 42.6 Å². The molecule has 2 N–H and O–H groups in total. The van der Waals surface area contributed by atoms with Crippen molar-refractivity contribution < 1.29 is 0 Å². The van der Waals surface area contributed by atoms with Gasteiger partial charge in [-0.25, -0.2) is 4.98 Å². The van der Waals surface area contributed by atoms with Gasteiger partial charge in [0.2, 0.25) is 0 Å². The number of aryl methyl sites for hydroxylation is 1. The highest BCUT2D eigenvalue weighted by atomic mass is 15.0. The quantitative estimate of drug-likeness (QED) is 0.829. The first-order chi connectivity index (χ1) is 7.04. The van der Waals surface area contributed by atoms with Crippen LogP contribution in [0.25, 0.3) is 5.65 Å². The number of pyridine rings is 1. The fourth-order valence-corrected chi connectivity index (χ4v) is 1.56. The lowest BCUT2D eigenvalue weighted by molar-refractivity contribution is 0.474. The van der Waals surface area contributed by atoms with Gasteiger partial charge in [-0.2, -0.15) is 0 Å². The Bertz CT molecular complexity index is 418. The largest absolute Gasteiger partial charge is 0.326 e. The summed E-state index contributed by atoms with van der Waals surface area (Å²) in [7, 11) is 0. The molecule has 0 bridgehead atoms. The van der Waals surface area contributed by atoms with Crippen LogP contribution >= 0.6 is 0 Å². The Labute approximate surface area is 89.9 Å². The predicted octanol–water partition coefficient (Wildman–Crippen LogP) is 2.00. The van der Waals surface area contributed by atoms with E-state index in [0.717, 1.165) is 24.2 Å². The molecule has 2 heterocycles. The highest BCUT2D eigenvalue weighted by Gasteiger charge is 2.11. The van der Waals surface area contributed by atoms with E-state index in [2.05, 4.69) is 11.2 Å². The third-order valence-electron chi connectivity index (χ3n) is 2.44. The van der Waals surface area contributed by atoms with Crippen LogP contribution in [0, 0.1) is 0 Å². The van der Waals surface area contributed by atoms with Gasteiger partial charge in [-0.15, -0.1) is 0 Å². The van der Waals surface area contributed by atoms with Gasteiger partial charge in [-0.3, -0.25) is 0 Å². The smallest absolute Gasteiger partial charge is 0.136 e. The Balaban J connectivity index is 2.16. The Kier molecular flexibility index (Phi) is 2.49. The van der Waals surface area contributed by atoms with Crippen molar-refractivity contribution >= 4 is 5.65 Å². The molecule has 0 atom stereocenters. The molecule has 3 nitrogen and oxygen atoms in total. The molecular weight excluding hydrogens is 186 g/mol. The molecule has 2 aromatic rings. The summed E-state index contributed by atoms with van der Waals surface area (Å²) in [5.74, 6) is 0. The summed E-state index contributed by atoms with van der Waals surface area (Å²) in [6, 6.07) is 6.02. The zero-order valence-corrected chi connectivity index (χ0v) is 9.27. The van der Waals surface area contributed by atoms with Gasteiger partial charge in [0.1, 0.15) is 5.65 Å². The van der Waals surface area contributed by atoms with Crippen molar-refractivity contribution in [1.82, 2.24) is 9.38 Å². The summed E-state index contributed by atoms with van der Waals surface area (Å²) in [5, 5.41) is 0. The first kappa shape index (κ1) is 10.2. The third kappa shape index (κ3) is 2.57. The van der Waals surface area contributed by atoms with Crippen molar-refractivity contribution in [2.24, 2.45) is 5.73 Å². The molecular formula is C12H17N3. The Morgan fingerprint density at radius 1 is 1.40 bits per heavy atom. The van der Waals surface area contributed by atoms with Crippen molar-refractivity contribution in [3.8, 4) is 0 Å². The van der Waals surface area contributed by atoms with Gasteiger partial charge in [-0.1, -0.05) is 6.07 Å². The summed E-state index contributed by atoms with van der Waals surface area (Å²) in [6.07, 6.45) is 5.97. The topological polar surface area (TPSA) is 43.3 Å². The molecule has 0 unspecified atom stereocenters. The molecule has 0 fully saturated rings. The van der Waals surface area contributed by atoms with Crippen LogP contribution in [0.1, 0.15) is 26.0 Å². The maximum atomic E-state index is 5.94. The zero-order valence-electron chi connectivity index (χ0n) is 9.27. The van der Waals surface area contributed by atoms with Crippen molar-refractivity contribution in [3.05, 3.63) is 36.3 Å². The predicted molar refractivity (Wildman–Crippen MR) is 61.8 cm³/mol. The fraction of sp³-hybridized carbons (Fsp3) is 0.417. The van der Waals surface area contributed by atoms with Gasteiger partial charge in [-0.05, 0) is 38.8 Å². The number of hydrogen-bond donors (Lipinski definition) is 1. The fourth-order valence-electron chi connectivity index (χ4n) is 1.56. The van der Waals surface area contributed by atoms with Gasteiger partial charge in [0.25, 0.3) is 0 Å². The van der Waals surface area contributed by atoms with Gasteiger partial charge >= 0.3 is 0 Å². The normalized spacial score (nSPS) is 12.2. The number of fused-ring (bicyclic) bond motifs is 1. The molecule has 2 rings (SSSR count). The van der Waals surface area contributed by atoms with E-state index in [4.69, 9.17) is 5.73 Å². The molecule has 0 amide bonds. The average Bonchev–Trinajstić information content (AvgIpc) is 2.56. The number of hydrogen-bond acceptors (Lipinski definition) is 2. The SMILES string of the molecule is CC(C)(N)CCc1cn2ccccc2n1. The summed E-state index contributed by atoms with van der Waals surface area (Å²) in [6.45, 7) is 4.09. The van der Waals surface area contributed by atoms with Crippen molar-refractivity contribution in [1.29, 1.82) is 0 Å². The van der Waals surface area contributed by atoms with E-state index >= 15 is 0 Å². The molecule has 0 saturated heterocycles. The van der Waals surface area contributed by atoms with E-state index in [1.165, 1.54) is 0 Å². The monoisotopic (exact) mass is 203 g/mol. The van der Waals surface area contributed by atoms with Crippen LogP contribution < -0.4 is 5.73 Å². The molecule has 80 valence electrons. The van der Waals surface area contributed by atoms with Crippen LogP contribution in [-0.4, -0.2) is 14.9 Å². The van der Waals surface area contributed by atoms with E-state index in [-0.39, 0.29) is 5.54 Å². The first-order valence-corrected chi connectivity index (χ1v) is 5.26. The van der Waals surface area contributed by atoms with Crippen LogP contribution in [0.4, 0.5) is 0 Å². The second-order valence-electron chi connectivity index (χ2n) is 4.69. The van der Waals surface area contributed by atoms with Crippen molar-refractivity contribution in [2.45, 2.75) is 32.2 Å². The zero-order chi connectivity index (χ0) is 10.9. The van der Waals surface area contributed by atoms with Gasteiger partial charge < -0.3 is 10.1 Å². The lowest BCUT2D eigenvalue weighted by atomic mass is 9.99. The minimum Gasteiger partial charge on any atom is -0.326 e. The number of imidazole rings is 1. The van der Waals surface area contributed by atoms with Crippen LogP contribution in [0.5, 0.6) is 0 Å². The molecule has 15 heavy (non-hydrogen) atoms. The number of rotatable bonds is 3. The van der Waals surface area contributed by atoms with E-state index in [9.17, 15) is 0 Å². The maximum absolute atomic E-state index is 5.94. The third-order valence-corrected chi connectivity index (χ3v) is 2.44. The molecule has 0 spiro atoms.